The maximum absolute atomic E-state index is 5.68. The van der Waals surface area contributed by atoms with E-state index in [9.17, 15) is 0 Å². The van der Waals surface area contributed by atoms with Crippen LogP contribution in [0.2, 0.25) is 0 Å². The minimum absolute atomic E-state index is 0.376. The molecule has 0 spiro atoms. The van der Waals surface area contributed by atoms with Crippen molar-refractivity contribution in [2.75, 3.05) is 26.9 Å². The zero-order chi connectivity index (χ0) is 14.4. The molecule has 1 aliphatic heterocycles. The molecular weight excluding hydrogens is 258 g/mol. The number of aromatic nitrogens is 2. The van der Waals surface area contributed by atoms with E-state index in [2.05, 4.69) is 29.3 Å². The maximum Gasteiger partial charge on any atom is 0.228 e. The SMILES string of the molecule is CCNC(CC)Cc1nc(C2(OC)CCOCC2)no1. The summed E-state index contributed by atoms with van der Waals surface area (Å²) in [5.74, 6) is 1.33. The Morgan fingerprint density at radius 2 is 2.10 bits per heavy atom. The van der Waals surface area contributed by atoms with Gasteiger partial charge in [-0.1, -0.05) is 19.0 Å². The molecule has 114 valence electrons. The first kappa shape index (κ1) is 15.4. The van der Waals surface area contributed by atoms with Crippen molar-refractivity contribution in [3.8, 4) is 0 Å². The van der Waals surface area contributed by atoms with Gasteiger partial charge < -0.3 is 19.3 Å². The highest BCUT2D eigenvalue weighted by atomic mass is 16.5. The molecule has 0 aliphatic carbocycles. The standard InChI is InChI=1S/C14H25N3O3/c1-4-11(15-5-2)10-12-16-13(17-20-12)14(18-3)6-8-19-9-7-14/h11,15H,4-10H2,1-3H3. The number of methoxy groups -OCH3 is 1. The molecule has 1 unspecified atom stereocenters. The molecule has 1 aromatic heterocycles. The van der Waals surface area contributed by atoms with Crippen molar-refractivity contribution in [1.82, 2.24) is 15.5 Å². The third-order valence-corrected chi connectivity index (χ3v) is 3.97. The molecule has 1 aromatic rings. The molecule has 1 N–H and O–H groups in total. The number of ether oxygens (including phenoxy) is 2. The third-order valence-electron chi connectivity index (χ3n) is 3.97. The molecule has 2 rings (SSSR count). The molecule has 0 bridgehead atoms. The highest BCUT2D eigenvalue weighted by Gasteiger charge is 2.39. The fourth-order valence-electron chi connectivity index (χ4n) is 2.60. The Morgan fingerprint density at radius 1 is 1.35 bits per heavy atom. The van der Waals surface area contributed by atoms with Crippen LogP contribution in [0.15, 0.2) is 4.52 Å². The molecule has 0 saturated carbocycles. The second-order valence-electron chi connectivity index (χ2n) is 5.19. The molecule has 1 saturated heterocycles. The Kier molecular flexibility index (Phi) is 5.51. The van der Waals surface area contributed by atoms with E-state index in [0.29, 0.717) is 31.0 Å². The molecule has 20 heavy (non-hydrogen) atoms. The Morgan fingerprint density at radius 3 is 2.70 bits per heavy atom. The lowest BCUT2D eigenvalue weighted by Crippen LogP contribution is -2.36. The second-order valence-corrected chi connectivity index (χ2v) is 5.19. The van der Waals surface area contributed by atoms with E-state index in [-0.39, 0.29) is 0 Å². The summed E-state index contributed by atoms with van der Waals surface area (Å²) in [6, 6.07) is 0.376. The number of nitrogens with one attached hydrogen (secondary N) is 1. The van der Waals surface area contributed by atoms with Gasteiger partial charge in [0.25, 0.3) is 0 Å². The van der Waals surface area contributed by atoms with Crippen LogP contribution in [0.4, 0.5) is 0 Å². The summed E-state index contributed by atoms with van der Waals surface area (Å²) in [6.07, 6.45) is 3.34. The van der Waals surface area contributed by atoms with Gasteiger partial charge in [-0.2, -0.15) is 4.98 Å². The minimum Gasteiger partial charge on any atom is -0.381 e. The third kappa shape index (κ3) is 3.37. The number of hydrogen-bond acceptors (Lipinski definition) is 6. The summed E-state index contributed by atoms with van der Waals surface area (Å²) in [4.78, 5) is 4.55. The predicted octanol–water partition coefficient (Wildman–Crippen LogP) is 1.65. The van der Waals surface area contributed by atoms with Crippen molar-refractivity contribution < 1.29 is 14.0 Å². The normalized spacial score (nSPS) is 19.9. The van der Waals surface area contributed by atoms with Crippen LogP contribution in [0.3, 0.4) is 0 Å². The summed E-state index contributed by atoms with van der Waals surface area (Å²) in [5, 5.41) is 7.55. The highest BCUT2D eigenvalue weighted by molar-refractivity contribution is 5.03. The first-order chi connectivity index (χ1) is 9.74. The van der Waals surface area contributed by atoms with Crippen LogP contribution >= 0.6 is 0 Å². The lowest BCUT2D eigenvalue weighted by atomic mass is 9.93. The summed E-state index contributed by atoms with van der Waals surface area (Å²) >= 11 is 0. The van der Waals surface area contributed by atoms with Crippen molar-refractivity contribution in [3.63, 3.8) is 0 Å². The molecule has 0 amide bonds. The van der Waals surface area contributed by atoms with E-state index in [4.69, 9.17) is 14.0 Å². The summed E-state index contributed by atoms with van der Waals surface area (Å²) in [7, 11) is 1.70. The molecule has 6 heteroatoms. The quantitative estimate of drug-likeness (QED) is 0.820. The number of rotatable bonds is 7. The Bertz CT molecular complexity index is 402. The number of nitrogens with zero attached hydrogens (tertiary/aromatic N) is 2. The molecule has 0 radical (unpaired) electrons. The Hall–Kier alpha value is -0.980. The Labute approximate surface area is 120 Å². The van der Waals surface area contributed by atoms with Crippen LogP contribution in [-0.2, 0) is 21.5 Å². The molecule has 1 atom stereocenters. The van der Waals surface area contributed by atoms with E-state index in [1.807, 2.05) is 0 Å². The second kappa shape index (κ2) is 7.15. The largest absolute Gasteiger partial charge is 0.381 e. The number of likely N-dealkylation sites (N-methyl/N-ethyl adjacent to an activating group) is 1. The van der Waals surface area contributed by atoms with Crippen molar-refractivity contribution >= 4 is 0 Å². The fourth-order valence-corrected chi connectivity index (χ4v) is 2.60. The van der Waals surface area contributed by atoms with E-state index < -0.39 is 5.60 Å². The van der Waals surface area contributed by atoms with Crippen molar-refractivity contribution in [1.29, 1.82) is 0 Å². The average molecular weight is 283 g/mol. The summed E-state index contributed by atoms with van der Waals surface area (Å²) < 4.78 is 16.5. The topological polar surface area (TPSA) is 69.4 Å². The van der Waals surface area contributed by atoms with Crippen LogP contribution in [-0.4, -0.2) is 43.1 Å². The summed E-state index contributed by atoms with van der Waals surface area (Å²) in [5.41, 5.74) is -0.445. The maximum atomic E-state index is 5.68. The zero-order valence-corrected chi connectivity index (χ0v) is 12.6. The first-order valence-electron chi connectivity index (χ1n) is 7.43. The van der Waals surface area contributed by atoms with Gasteiger partial charge in [0.15, 0.2) is 0 Å². The molecule has 1 aliphatic rings. The highest BCUT2D eigenvalue weighted by Crippen LogP contribution is 2.33. The molecule has 2 heterocycles. The Balaban J connectivity index is 2.07. The van der Waals surface area contributed by atoms with Crippen molar-refractivity contribution in [3.05, 3.63) is 11.7 Å². The van der Waals surface area contributed by atoms with Crippen LogP contribution in [0.25, 0.3) is 0 Å². The molecular formula is C14H25N3O3. The minimum atomic E-state index is -0.445. The van der Waals surface area contributed by atoms with Crippen LogP contribution < -0.4 is 5.32 Å². The summed E-state index contributed by atoms with van der Waals surface area (Å²) in [6.45, 7) is 6.54. The molecule has 0 aromatic carbocycles. The monoisotopic (exact) mass is 283 g/mol. The van der Waals surface area contributed by atoms with E-state index in [1.54, 1.807) is 7.11 Å². The van der Waals surface area contributed by atoms with Gasteiger partial charge in [-0.25, -0.2) is 0 Å². The predicted molar refractivity (Wildman–Crippen MR) is 74.5 cm³/mol. The fraction of sp³-hybridized carbons (Fsp3) is 0.857. The number of hydrogen-bond donors (Lipinski definition) is 1. The van der Waals surface area contributed by atoms with Gasteiger partial charge in [-0.3, -0.25) is 0 Å². The lowest BCUT2D eigenvalue weighted by Gasteiger charge is -2.32. The van der Waals surface area contributed by atoms with Crippen molar-refractivity contribution in [2.24, 2.45) is 0 Å². The smallest absolute Gasteiger partial charge is 0.228 e. The van der Waals surface area contributed by atoms with E-state index in [0.717, 1.165) is 32.2 Å². The lowest BCUT2D eigenvalue weighted by molar-refractivity contribution is -0.101. The van der Waals surface area contributed by atoms with Crippen molar-refractivity contribution in [2.45, 2.75) is 51.2 Å². The zero-order valence-electron chi connectivity index (χ0n) is 12.6. The van der Waals surface area contributed by atoms with Gasteiger partial charge in [0.05, 0.1) is 0 Å². The molecule has 1 fully saturated rings. The molecule has 6 nitrogen and oxygen atoms in total. The van der Waals surface area contributed by atoms with Gasteiger partial charge in [-0.05, 0) is 13.0 Å². The van der Waals surface area contributed by atoms with Gasteiger partial charge in [0.2, 0.25) is 11.7 Å². The van der Waals surface area contributed by atoms with E-state index >= 15 is 0 Å². The van der Waals surface area contributed by atoms with Gasteiger partial charge >= 0.3 is 0 Å². The van der Waals surface area contributed by atoms with Gasteiger partial charge in [0.1, 0.15) is 5.60 Å². The van der Waals surface area contributed by atoms with E-state index in [1.165, 1.54) is 0 Å². The van der Waals surface area contributed by atoms with Gasteiger partial charge in [-0.15, -0.1) is 0 Å². The van der Waals surface area contributed by atoms with Crippen LogP contribution in [0, 0.1) is 0 Å². The van der Waals surface area contributed by atoms with Crippen LogP contribution in [0.1, 0.15) is 44.8 Å². The first-order valence-corrected chi connectivity index (χ1v) is 7.43. The van der Waals surface area contributed by atoms with Crippen LogP contribution in [0.5, 0.6) is 0 Å². The van der Waals surface area contributed by atoms with Gasteiger partial charge in [0, 0.05) is 45.6 Å². The average Bonchev–Trinajstić information content (AvgIpc) is 2.96.